The predicted octanol–water partition coefficient (Wildman–Crippen LogP) is 1.76. The fourth-order valence-electron chi connectivity index (χ4n) is 1.83. The molecule has 1 saturated heterocycles. The van der Waals surface area contributed by atoms with Crippen molar-refractivity contribution in [3.63, 3.8) is 0 Å². The van der Waals surface area contributed by atoms with E-state index in [2.05, 4.69) is 11.8 Å². The van der Waals surface area contributed by atoms with Crippen LogP contribution in [0, 0.1) is 0 Å². The molecule has 0 amide bonds. The molecule has 0 bridgehead atoms. The summed E-state index contributed by atoms with van der Waals surface area (Å²) in [6, 6.07) is -0.210. The molecule has 1 fully saturated rings. The molecule has 1 heterocycles. The molecule has 0 spiro atoms. The highest BCUT2D eigenvalue weighted by molar-refractivity contribution is 5.85. The van der Waals surface area contributed by atoms with Crippen LogP contribution in [-0.4, -0.2) is 35.1 Å². The minimum absolute atomic E-state index is 0. The van der Waals surface area contributed by atoms with Crippen molar-refractivity contribution in [1.29, 1.82) is 0 Å². The smallest absolute Gasteiger partial charge is 0.320 e. The van der Waals surface area contributed by atoms with E-state index in [9.17, 15) is 4.79 Å². The SMILES string of the molecule is CCCN1CCCCC1C(=O)O.Cl. The molecule has 3 nitrogen and oxygen atoms in total. The van der Waals surface area contributed by atoms with Gasteiger partial charge < -0.3 is 5.11 Å². The van der Waals surface area contributed by atoms with Crippen LogP contribution < -0.4 is 0 Å². The van der Waals surface area contributed by atoms with E-state index in [4.69, 9.17) is 5.11 Å². The van der Waals surface area contributed by atoms with E-state index < -0.39 is 5.97 Å². The van der Waals surface area contributed by atoms with E-state index in [1.807, 2.05) is 0 Å². The van der Waals surface area contributed by atoms with Crippen LogP contribution in [0.3, 0.4) is 0 Å². The highest BCUT2D eigenvalue weighted by Gasteiger charge is 2.27. The number of carboxylic acids is 1. The summed E-state index contributed by atoms with van der Waals surface area (Å²) in [5.74, 6) is -0.650. The molecule has 0 saturated carbocycles. The third-order valence-electron chi connectivity index (χ3n) is 2.41. The summed E-state index contributed by atoms with van der Waals surface area (Å²) in [6.45, 7) is 3.98. The van der Waals surface area contributed by atoms with Gasteiger partial charge in [0.25, 0.3) is 0 Å². The summed E-state index contributed by atoms with van der Waals surface area (Å²) in [4.78, 5) is 12.9. The minimum Gasteiger partial charge on any atom is -0.480 e. The van der Waals surface area contributed by atoms with Crippen LogP contribution in [0.15, 0.2) is 0 Å². The summed E-state index contributed by atoms with van der Waals surface area (Å²) < 4.78 is 0. The molecule has 1 N–H and O–H groups in total. The zero-order valence-corrected chi connectivity index (χ0v) is 8.85. The van der Waals surface area contributed by atoms with E-state index in [0.29, 0.717) is 0 Å². The zero-order chi connectivity index (χ0) is 8.97. The fourth-order valence-corrected chi connectivity index (χ4v) is 1.83. The van der Waals surface area contributed by atoms with Gasteiger partial charge in [-0.2, -0.15) is 0 Å². The highest BCUT2D eigenvalue weighted by atomic mass is 35.5. The van der Waals surface area contributed by atoms with Crippen molar-refractivity contribution in [2.45, 2.75) is 38.6 Å². The van der Waals surface area contributed by atoms with Crippen LogP contribution in [0.5, 0.6) is 0 Å². The Hall–Kier alpha value is -0.280. The van der Waals surface area contributed by atoms with Crippen LogP contribution in [0.2, 0.25) is 0 Å². The van der Waals surface area contributed by atoms with E-state index >= 15 is 0 Å². The van der Waals surface area contributed by atoms with Crippen molar-refractivity contribution < 1.29 is 9.90 Å². The topological polar surface area (TPSA) is 40.5 Å². The molecule has 0 radical (unpaired) electrons. The quantitative estimate of drug-likeness (QED) is 0.767. The average molecular weight is 208 g/mol. The summed E-state index contributed by atoms with van der Waals surface area (Å²) in [5.41, 5.74) is 0. The first-order valence-electron chi connectivity index (χ1n) is 4.72. The third kappa shape index (κ3) is 3.53. The van der Waals surface area contributed by atoms with Gasteiger partial charge in [0.1, 0.15) is 6.04 Å². The lowest BCUT2D eigenvalue weighted by molar-refractivity contribution is -0.144. The summed E-state index contributed by atoms with van der Waals surface area (Å²) >= 11 is 0. The minimum atomic E-state index is -0.650. The van der Waals surface area contributed by atoms with Gasteiger partial charge in [-0.3, -0.25) is 9.69 Å². The van der Waals surface area contributed by atoms with Gasteiger partial charge in [0, 0.05) is 0 Å². The Balaban J connectivity index is 0.00000144. The van der Waals surface area contributed by atoms with Crippen molar-refractivity contribution in [2.75, 3.05) is 13.1 Å². The van der Waals surface area contributed by atoms with E-state index in [0.717, 1.165) is 38.8 Å². The van der Waals surface area contributed by atoms with Gasteiger partial charge in [-0.15, -0.1) is 12.4 Å². The van der Waals surface area contributed by atoms with Crippen LogP contribution in [-0.2, 0) is 4.79 Å². The van der Waals surface area contributed by atoms with Crippen molar-refractivity contribution in [3.8, 4) is 0 Å². The highest BCUT2D eigenvalue weighted by Crippen LogP contribution is 2.16. The molecule has 1 aliphatic heterocycles. The normalized spacial score (nSPS) is 23.6. The molecular formula is C9H18ClNO2. The third-order valence-corrected chi connectivity index (χ3v) is 2.41. The van der Waals surface area contributed by atoms with Crippen molar-refractivity contribution in [1.82, 2.24) is 4.90 Å². The summed E-state index contributed by atoms with van der Waals surface area (Å²) in [7, 11) is 0. The first kappa shape index (κ1) is 12.7. The number of carboxylic acid groups (broad SMARTS) is 1. The number of rotatable bonds is 3. The molecule has 0 aromatic carbocycles. The molecular weight excluding hydrogens is 190 g/mol. The van der Waals surface area contributed by atoms with Crippen molar-refractivity contribution >= 4 is 18.4 Å². The maximum Gasteiger partial charge on any atom is 0.320 e. The van der Waals surface area contributed by atoms with Crippen LogP contribution in [0.4, 0.5) is 0 Å². The Labute approximate surface area is 85.5 Å². The molecule has 4 heteroatoms. The Morgan fingerprint density at radius 2 is 2.23 bits per heavy atom. The van der Waals surface area contributed by atoms with Gasteiger partial charge in [-0.05, 0) is 32.4 Å². The number of nitrogens with zero attached hydrogens (tertiary/aromatic N) is 1. The number of hydrogen-bond donors (Lipinski definition) is 1. The molecule has 1 unspecified atom stereocenters. The number of carbonyl (C=O) groups is 1. The second-order valence-electron chi connectivity index (χ2n) is 3.39. The molecule has 1 rings (SSSR count). The van der Waals surface area contributed by atoms with Gasteiger partial charge in [0.05, 0.1) is 0 Å². The summed E-state index contributed by atoms with van der Waals surface area (Å²) in [5, 5.41) is 8.89. The summed E-state index contributed by atoms with van der Waals surface area (Å²) in [6.07, 6.45) is 4.10. The molecule has 0 aliphatic carbocycles. The predicted molar refractivity (Wildman–Crippen MR) is 54.4 cm³/mol. The standard InChI is InChI=1S/C9H17NO2.ClH/c1-2-6-10-7-4-3-5-8(10)9(11)12;/h8H,2-7H2,1H3,(H,11,12);1H. The van der Waals surface area contributed by atoms with E-state index in [-0.39, 0.29) is 18.4 Å². The number of hydrogen-bond acceptors (Lipinski definition) is 2. The number of aliphatic carboxylic acids is 1. The molecule has 1 atom stereocenters. The monoisotopic (exact) mass is 207 g/mol. The molecule has 1 aliphatic rings. The second kappa shape index (κ2) is 6.22. The molecule has 0 aromatic heterocycles. The van der Waals surface area contributed by atoms with Crippen LogP contribution >= 0.6 is 12.4 Å². The van der Waals surface area contributed by atoms with Gasteiger partial charge in [0.2, 0.25) is 0 Å². The Morgan fingerprint density at radius 3 is 2.77 bits per heavy atom. The Bertz CT molecular complexity index is 162. The largest absolute Gasteiger partial charge is 0.480 e. The van der Waals surface area contributed by atoms with Crippen LogP contribution in [0.25, 0.3) is 0 Å². The average Bonchev–Trinajstić information content (AvgIpc) is 2.05. The van der Waals surface area contributed by atoms with Gasteiger partial charge in [0.15, 0.2) is 0 Å². The Morgan fingerprint density at radius 1 is 1.54 bits per heavy atom. The fraction of sp³-hybridized carbons (Fsp3) is 0.889. The molecule has 0 aromatic rings. The lowest BCUT2D eigenvalue weighted by Gasteiger charge is -2.32. The van der Waals surface area contributed by atoms with Gasteiger partial charge >= 0.3 is 5.97 Å². The lowest BCUT2D eigenvalue weighted by atomic mass is 10.0. The van der Waals surface area contributed by atoms with Gasteiger partial charge in [-0.1, -0.05) is 13.3 Å². The second-order valence-corrected chi connectivity index (χ2v) is 3.39. The van der Waals surface area contributed by atoms with E-state index in [1.165, 1.54) is 0 Å². The van der Waals surface area contributed by atoms with Crippen molar-refractivity contribution in [3.05, 3.63) is 0 Å². The van der Waals surface area contributed by atoms with Crippen LogP contribution in [0.1, 0.15) is 32.6 Å². The first-order valence-corrected chi connectivity index (χ1v) is 4.72. The van der Waals surface area contributed by atoms with Crippen molar-refractivity contribution in [2.24, 2.45) is 0 Å². The molecule has 13 heavy (non-hydrogen) atoms. The lowest BCUT2D eigenvalue weighted by Crippen LogP contribution is -2.44. The zero-order valence-electron chi connectivity index (χ0n) is 8.03. The van der Waals surface area contributed by atoms with Gasteiger partial charge in [-0.25, -0.2) is 0 Å². The number of likely N-dealkylation sites (tertiary alicyclic amines) is 1. The van der Waals surface area contributed by atoms with E-state index in [1.54, 1.807) is 0 Å². The number of halogens is 1. The maximum atomic E-state index is 10.8. The Kier molecular flexibility index (Phi) is 6.08. The molecule has 78 valence electrons. The maximum absolute atomic E-state index is 10.8. The number of piperidine rings is 1. The first-order chi connectivity index (χ1) is 5.75.